The Balaban J connectivity index is 3.03. The Morgan fingerprint density at radius 1 is 1.86 bits per heavy atom. The summed E-state index contributed by atoms with van der Waals surface area (Å²) in [5, 5.41) is 15.7. The van der Waals surface area contributed by atoms with Crippen LogP contribution in [0.2, 0.25) is 0 Å². The van der Waals surface area contributed by atoms with E-state index in [2.05, 4.69) is 0 Å². The van der Waals surface area contributed by atoms with Gasteiger partial charge in [-0.25, -0.2) is 0 Å². The number of nitrogens with zero attached hydrogens (tertiary/aromatic N) is 1. The first-order chi connectivity index (χ1) is 3.31. The van der Waals surface area contributed by atoms with Gasteiger partial charge in [0.1, 0.15) is 0 Å². The van der Waals surface area contributed by atoms with Gasteiger partial charge in [0.25, 0.3) is 0 Å². The summed E-state index contributed by atoms with van der Waals surface area (Å²) in [7, 11) is 0. The van der Waals surface area contributed by atoms with E-state index in [1.807, 2.05) is 6.07 Å². The molecule has 0 aliphatic heterocycles. The maximum atomic E-state index is 8.18. The average Bonchev–Trinajstić information content (AvgIpc) is 1.68. The highest BCUT2D eigenvalue weighted by molar-refractivity contribution is 6.20. The standard InChI is InChI=1S/C4H6ClNO/c5-4(3-7)1-2-6/h4,7H,1,3H2/t4-/m1/s1. The van der Waals surface area contributed by atoms with Gasteiger partial charge in [-0.15, -0.1) is 11.6 Å². The Bertz CT molecular complexity index is 78.2. The molecule has 0 spiro atoms. The van der Waals surface area contributed by atoms with Crippen LogP contribution in [0.25, 0.3) is 0 Å². The Hall–Kier alpha value is -0.260. The molecule has 1 atom stereocenters. The van der Waals surface area contributed by atoms with E-state index in [9.17, 15) is 0 Å². The van der Waals surface area contributed by atoms with Gasteiger partial charge in [-0.1, -0.05) is 0 Å². The van der Waals surface area contributed by atoms with E-state index in [0.717, 1.165) is 0 Å². The average molecular weight is 120 g/mol. The lowest BCUT2D eigenvalue weighted by molar-refractivity contribution is 0.293. The summed E-state index contributed by atoms with van der Waals surface area (Å²) in [4.78, 5) is 0. The molecule has 1 N–H and O–H groups in total. The summed E-state index contributed by atoms with van der Waals surface area (Å²) in [6.45, 7) is -0.116. The lowest BCUT2D eigenvalue weighted by Crippen LogP contribution is -2.01. The highest BCUT2D eigenvalue weighted by atomic mass is 35.5. The second-order valence-corrected chi connectivity index (χ2v) is 1.76. The first kappa shape index (κ1) is 6.74. The second-order valence-electron chi connectivity index (χ2n) is 1.14. The number of rotatable bonds is 2. The molecule has 7 heavy (non-hydrogen) atoms. The Morgan fingerprint density at radius 2 is 2.43 bits per heavy atom. The van der Waals surface area contributed by atoms with Gasteiger partial charge in [-0.05, 0) is 0 Å². The summed E-state index contributed by atoms with van der Waals surface area (Å²) < 4.78 is 0. The van der Waals surface area contributed by atoms with Crippen LogP contribution >= 0.6 is 11.6 Å². The molecular formula is C4H6ClNO. The van der Waals surface area contributed by atoms with E-state index in [1.54, 1.807) is 0 Å². The number of hydrogen-bond acceptors (Lipinski definition) is 2. The summed E-state index contributed by atoms with van der Waals surface area (Å²) in [6, 6.07) is 1.83. The SMILES string of the molecule is N#CC[C@@H](Cl)CO. The van der Waals surface area contributed by atoms with Crippen LogP contribution in [0.15, 0.2) is 0 Å². The maximum absolute atomic E-state index is 8.18. The van der Waals surface area contributed by atoms with Crippen molar-refractivity contribution in [3.8, 4) is 6.07 Å². The Kier molecular flexibility index (Phi) is 3.77. The fourth-order valence-corrected chi connectivity index (χ4v) is 0.233. The second kappa shape index (κ2) is 3.91. The highest BCUT2D eigenvalue weighted by Crippen LogP contribution is 1.96. The minimum absolute atomic E-state index is 0.116. The van der Waals surface area contributed by atoms with Crippen LogP contribution in [0.3, 0.4) is 0 Å². The van der Waals surface area contributed by atoms with Crippen LogP contribution < -0.4 is 0 Å². The molecule has 3 heteroatoms. The van der Waals surface area contributed by atoms with Crippen molar-refractivity contribution in [3.63, 3.8) is 0 Å². The fraction of sp³-hybridized carbons (Fsp3) is 0.750. The van der Waals surface area contributed by atoms with Crippen molar-refractivity contribution < 1.29 is 5.11 Å². The predicted molar refractivity (Wildman–Crippen MR) is 27.0 cm³/mol. The van der Waals surface area contributed by atoms with Crippen molar-refractivity contribution in [1.29, 1.82) is 5.26 Å². The van der Waals surface area contributed by atoms with E-state index in [-0.39, 0.29) is 18.4 Å². The minimum Gasteiger partial charge on any atom is -0.395 e. The van der Waals surface area contributed by atoms with Gasteiger partial charge in [0.05, 0.1) is 24.5 Å². The van der Waals surface area contributed by atoms with Crippen LogP contribution in [-0.4, -0.2) is 17.1 Å². The van der Waals surface area contributed by atoms with Gasteiger partial charge < -0.3 is 5.11 Å². The molecular weight excluding hydrogens is 114 g/mol. The van der Waals surface area contributed by atoms with Gasteiger partial charge in [-0.3, -0.25) is 0 Å². The van der Waals surface area contributed by atoms with Crippen LogP contribution in [0.4, 0.5) is 0 Å². The molecule has 0 rings (SSSR count). The minimum atomic E-state index is -0.384. The molecule has 0 fully saturated rings. The third-order valence-corrected chi connectivity index (χ3v) is 0.803. The van der Waals surface area contributed by atoms with Crippen molar-refractivity contribution in [2.45, 2.75) is 11.8 Å². The number of nitriles is 1. The molecule has 0 unspecified atom stereocenters. The zero-order valence-electron chi connectivity index (χ0n) is 3.76. The fourth-order valence-electron chi connectivity index (χ4n) is 0.164. The zero-order valence-corrected chi connectivity index (χ0v) is 4.52. The van der Waals surface area contributed by atoms with E-state index >= 15 is 0 Å². The molecule has 0 saturated carbocycles. The molecule has 0 bridgehead atoms. The first-order valence-electron chi connectivity index (χ1n) is 1.93. The first-order valence-corrected chi connectivity index (χ1v) is 2.36. The molecule has 0 amide bonds. The molecule has 0 aromatic carbocycles. The van der Waals surface area contributed by atoms with Crippen molar-refractivity contribution in [2.75, 3.05) is 6.61 Å². The normalized spacial score (nSPS) is 12.7. The monoisotopic (exact) mass is 119 g/mol. The summed E-state index contributed by atoms with van der Waals surface area (Å²) in [6.07, 6.45) is 0.220. The lowest BCUT2D eigenvalue weighted by Gasteiger charge is -1.93. The molecule has 0 aromatic heterocycles. The van der Waals surface area contributed by atoms with Crippen molar-refractivity contribution in [1.82, 2.24) is 0 Å². The largest absolute Gasteiger partial charge is 0.395 e. The van der Waals surface area contributed by atoms with Crippen molar-refractivity contribution in [2.24, 2.45) is 0 Å². The third-order valence-electron chi connectivity index (χ3n) is 0.511. The quantitative estimate of drug-likeness (QED) is 0.538. The number of hydrogen-bond donors (Lipinski definition) is 1. The van der Waals surface area contributed by atoms with Gasteiger partial charge in [0.15, 0.2) is 0 Å². The number of aliphatic hydroxyl groups is 1. The van der Waals surface area contributed by atoms with Gasteiger partial charge in [0, 0.05) is 0 Å². The van der Waals surface area contributed by atoms with E-state index in [0.29, 0.717) is 0 Å². The van der Waals surface area contributed by atoms with E-state index < -0.39 is 0 Å². The van der Waals surface area contributed by atoms with Crippen molar-refractivity contribution >= 4 is 11.6 Å². The molecule has 0 heterocycles. The third kappa shape index (κ3) is 3.57. The number of alkyl halides is 1. The van der Waals surface area contributed by atoms with Gasteiger partial charge in [0.2, 0.25) is 0 Å². The van der Waals surface area contributed by atoms with Gasteiger partial charge >= 0.3 is 0 Å². The lowest BCUT2D eigenvalue weighted by atomic mass is 10.3. The molecule has 2 nitrogen and oxygen atoms in total. The summed E-state index contributed by atoms with van der Waals surface area (Å²) in [5.41, 5.74) is 0. The smallest absolute Gasteiger partial charge is 0.0696 e. The van der Waals surface area contributed by atoms with Crippen molar-refractivity contribution in [3.05, 3.63) is 0 Å². The predicted octanol–water partition coefficient (Wildman–Crippen LogP) is 0.500. The number of halogens is 1. The number of aliphatic hydroxyl groups excluding tert-OH is 1. The molecule has 0 aromatic rings. The van der Waals surface area contributed by atoms with Crippen LogP contribution in [-0.2, 0) is 0 Å². The van der Waals surface area contributed by atoms with Crippen LogP contribution in [0, 0.1) is 11.3 Å². The summed E-state index contributed by atoms with van der Waals surface area (Å²) in [5.74, 6) is 0. The summed E-state index contributed by atoms with van der Waals surface area (Å²) >= 11 is 5.29. The van der Waals surface area contributed by atoms with Crippen LogP contribution in [0.5, 0.6) is 0 Å². The topological polar surface area (TPSA) is 44.0 Å². The Morgan fingerprint density at radius 3 is 2.57 bits per heavy atom. The maximum Gasteiger partial charge on any atom is 0.0696 e. The Labute approximate surface area is 47.3 Å². The molecule has 0 saturated heterocycles. The molecule has 0 aliphatic carbocycles. The van der Waals surface area contributed by atoms with Crippen LogP contribution in [0.1, 0.15) is 6.42 Å². The highest BCUT2D eigenvalue weighted by Gasteiger charge is 1.97. The molecule has 40 valence electrons. The molecule has 0 aliphatic rings. The molecule has 0 radical (unpaired) electrons. The zero-order chi connectivity index (χ0) is 5.70. The van der Waals surface area contributed by atoms with Gasteiger partial charge in [-0.2, -0.15) is 5.26 Å². The van der Waals surface area contributed by atoms with E-state index in [1.165, 1.54) is 0 Å². The van der Waals surface area contributed by atoms with E-state index in [4.69, 9.17) is 22.0 Å².